The van der Waals surface area contributed by atoms with Gasteiger partial charge in [-0.2, -0.15) is 4.57 Å². The van der Waals surface area contributed by atoms with Crippen LogP contribution in [0.15, 0.2) is 85.2 Å². The second kappa shape index (κ2) is 26.8. The molecular weight excluding hydrogens is 949 g/mol. The van der Waals surface area contributed by atoms with E-state index in [0.29, 0.717) is 38.0 Å². The topological polar surface area (TPSA) is 236 Å². The van der Waals surface area contributed by atoms with Crippen molar-refractivity contribution in [1.82, 2.24) is 15.6 Å². The lowest BCUT2D eigenvalue weighted by molar-refractivity contribution is -0.688. The van der Waals surface area contributed by atoms with Gasteiger partial charge in [0.2, 0.25) is 25.9 Å². The summed E-state index contributed by atoms with van der Waals surface area (Å²) in [5.74, 6) is -4.25. The summed E-state index contributed by atoms with van der Waals surface area (Å²) in [5.41, 5.74) is 0.429. The molecule has 2 saturated heterocycles. The van der Waals surface area contributed by atoms with E-state index in [1.807, 2.05) is 74.5 Å². The quantitative estimate of drug-likeness (QED) is 0.0503. The Morgan fingerprint density at radius 2 is 1.25 bits per heavy atom. The number of nitrogens with one attached hydrogen (secondary N) is 2. The second-order valence-electron chi connectivity index (χ2n) is 17.9. The van der Waals surface area contributed by atoms with Crippen LogP contribution in [-0.4, -0.2) is 105 Å². The molecule has 0 spiro atoms. The van der Waals surface area contributed by atoms with Gasteiger partial charge in [0.1, 0.15) is 36.1 Å². The summed E-state index contributed by atoms with van der Waals surface area (Å²) >= 11 is 0. The van der Waals surface area contributed by atoms with Crippen LogP contribution in [0, 0.1) is 11.8 Å². The zero-order valence-corrected chi connectivity index (χ0v) is 42.2. The number of esters is 4. The molecule has 8 unspecified atom stereocenters. The van der Waals surface area contributed by atoms with E-state index in [1.165, 1.54) is 50.2 Å². The molecule has 73 heavy (non-hydrogen) atoms. The van der Waals surface area contributed by atoms with Gasteiger partial charge in [-0.25, -0.2) is 19.4 Å². The highest BCUT2D eigenvalue weighted by Gasteiger charge is 2.38. The smallest absolute Gasteiger partial charge is 0.375 e. The van der Waals surface area contributed by atoms with Crippen LogP contribution in [0.5, 0.6) is 28.7 Å². The van der Waals surface area contributed by atoms with Crippen LogP contribution in [0.4, 0.5) is 0 Å². The maximum Gasteiger partial charge on any atom is 0.375 e. The molecule has 2 aliphatic heterocycles. The van der Waals surface area contributed by atoms with E-state index in [-0.39, 0.29) is 65.2 Å². The van der Waals surface area contributed by atoms with Gasteiger partial charge >= 0.3 is 35.5 Å². The first-order valence-electron chi connectivity index (χ1n) is 24.2. The first-order chi connectivity index (χ1) is 35.2. The molecular formula is C53H65N4O16+. The summed E-state index contributed by atoms with van der Waals surface area (Å²) in [5, 5.41) is 5.48. The van der Waals surface area contributed by atoms with E-state index in [9.17, 15) is 28.8 Å². The number of carbonyl (C=O) groups is 6. The Hall–Kier alpha value is -7.48. The average Bonchev–Trinajstić information content (AvgIpc) is 3.44. The SMILES string of the molecule is COc1ccnc(C(=O)NC2CCCC(C)C(OCc3ccccc3)C(C)OC2=O)c1OCOC(=O)C[n+]1ccc(OC)c(OCOC(C)=O)c1C(=O)NC1CCCC(C)C(Oc2ccccc2)C(C)OC1=O. The van der Waals surface area contributed by atoms with Gasteiger partial charge in [0.05, 0.1) is 26.9 Å². The van der Waals surface area contributed by atoms with Crippen LogP contribution in [0.25, 0.3) is 0 Å². The van der Waals surface area contributed by atoms with Gasteiger partial charge in [0, 0.05) is 25.3 Å². The predicted octanol–water partition coefficient (Wildman–Crippen LogP) is 5.60. The van der Waals surface area contributed by atoms with Crippen LogP contribution in [-0.2, 0) is 56.0 Å². The standard InChI is InChI=1S/C53H64N4O16/c1-32-16-14-22-39(52(62)71-34(3)46(32)66-29-37-18-10-8-11-19-37)55-50(60)44-48(41(64-6)24-26-54-44)69-31-68-43(59)28-57-27-25-42(65-7)49(70-30-67-36(5)58)45(57)51(61)56-40-23-15-17-33(2)47(35(4)72-53(40)63)73-38-20-12-9-13-21-38/h8-13,18-21,24-27,32-35,39-40,46-47H,14-17,22-23,28-31H2,1-7H3,(H-,55,56,60,61)/p+1. The van der Waals surface area contributed by atoms with E-state index < -0.39 is 86.2 Å². The summed E-state index contributed by atoms with van der Waals surface area (Å²) < 4.78 is 58.5. The van der Waals surface area contributed by atoms with Gasteiger partial charge in [-0.15, -0.1) is 0 Å². The van der Waals surface area contributed by atoms with Gasteiger partial charge in [-0.3, -0.25) is 14.4 Å². The molecule has 6 rings (SSSR count). The van der Waals surface area contributed by atoms with E-state index in [4.69, 9.17) is 47.4 Å². The van der Waals surface area contributed by atoms with Crippen molar-refractivity contribution in [3.8, 4) is 28.7 Å². The van der Waals surface area contributed by atoms with Crippen LogP contribution in [0.1, 0.15) is 99.7 Å². The number of hydrogen-bond acceptors (Lipinski definition) is 17. The number of ether oxygens (including phenoxy) is 10. The van der Waals surface area contributed by atoms with E-state index in [2.05, 4.69) is 15.6 Å². The van der Waals surface area contributed by atoms with Crippen molar-refractivity contribution in [3.05, 3.63) is 102 Å². The Kier molecular flexibility index (Phi) is 20.2. The second-order valence-corrected chi connectivity index (χ2v) is 17.9. The van der Waals surface area contributed by atoms with Crippen molar-refractivity contribution < 1.29 is 80.7 Å². The van der Waals surface area contributed by atoms with Crippen LogP contribution in [0.2, 0.25) is 0 Å². The summed E-state index contributed by atoms with van der Waals surface area (Å²) in [4.78, 5) is 85.1. The Balaban J connectivity index is 1.14. The zero-order valence-electron chi connectivity index (χ0n) is 42.2. The van der Waals surface area contributed by atoms with Gasteiger partial charge in [-0.1, -0.05) is 75.2 Å². The highest BCUT2D eigenvalue weighted by atomic mass is 16.7. The van der Waals surface area contributed by atoms with Crippen LogP contribution in [0.3, 0.4) is 0 Å². The number of pyridine rings is 2. The predicted molar refractivity (Wildman–Crippen MR) is 258 cm³/mol. The molecule has 4 aromatic rings. The molecule has 2 amide bonds. The van der Waals surface area contributed by atoms with Gasteiger partial charge in [-0.05, 0) is 69.1 Å². The molecule has 392 valence electrons. The van der Waals surface area contributed by atoms with Crippen molar-refractivity contribution in [2.75, 3.05) is 27.8 Å². The van der Waals surface area contributed by atoms with Gasteiger partial charge in [0.25, 0.3) is 5.91 Å². The third-order valence-electron chi connectivity index (χ3n) is 12.5. The molecule has 20 heteroatoms. The number of cyclic esters (lactones) is 2. The van der Waals surface area contributed by atoms with E-state index >= 15 is 0 Å². The number of aromatic nitrogens is 2. The molecule has 8 atom stereocenters. The number of para-hydroxylation sites is 1. The minimum atomic E-state index is -1.13. The summed E-state index contributed by atoms with van der Waals surface area (Å²) in [7, 11) is 2.66. The summed E-state index contributed by atoms with van der Waals surface area (Å²) in [6, 6.07) is 19.6. The van der Waals surface area contributed by atoms with Gasteiger partial charge in [0.15, 0.2) is 29.1 Å². The Morgan fingerprint density at radius 1 is 0.685 bits per heavy atom. The third-order valence-corrected chi connectivity index (χ3v) is 12.5. The Bertz CT molecular complexity index is 2510. The average molecular weight is 1010 g/mol. The number of amides is 2. The Morgan fingerprint density at radius 3 is 1.88 bits per heavy atom. The van der Waals surface area contributed by atoms with Crippen LogP contribution < -0.4 is 38.9 Å². The fraction of sp³-hybridized carbons (Fsp3) is 0.472. The molecule has 2 aromatic carbocycles. The maximum absolute atomic E-state index is 14.4. The van der Waals surface area contributed by atoms with Crippen molar-refractivity contribution >= 4 is 35.7 Å². The van der Waals surface area contributed by atoms with Gasteiger partial charge < -0.3 is 58.0 Å². The number of hydrogen-bond donors (Lipinski definition) is 2. The molecule has 2 aliphatic rings. The van der Waals surface area contributed by atoms with Crippen molar-refractivity contribution in [2.45, 2.75) is 123 Å². The number of carbonyl (C=O) groups excluding carboxylic acids is 6. The fourth-order valence-corrected chi connectivity index (χ4v) is 8.72. The molecule has 4 heterocycles. The molecule has 2 N–H and O–H groups in total. The van der Waals surface area contributed by atoms with Crippen molar-refractivity contribution in [1.29, 1.82) is 0 Å². The summed E-state index contributed by atoms with van der Waals surface area (Å²) in [6.07, 6.45) is 3.43. The normalized spacial score (nSPS) is 22.3. The maximum atomic E-state index is 14.4. The zero-order chi connectivity index (χ0) is 52.4. The highest BCUT2D eigenvalue weighted by molar-refractivity contribution is 5.98. The molecule has 0 aliphatic carbocycles. The Labute approximate surface area is 424 Å². The fourth-order valence-electron chi connectivity index (χ4n) is 8.72. The molecule has 20 nitrogen and oxygen atoms in total. The minimum Gasteiger partial charge on any atom is -0.493 e. The molecule has 0 saturated carbocycles. The van der Waals surface area contributed by atoms with Crippen LogP contribution >= 0.6 is 0 Å². The molecule has 2 aromatic heterocycles. The number of methoxy groups -OCH3 is 2. The van der Waals surface area contributed by atoms with Crippen molar-refractivity contribution in [3.63, 3.8) is 0 Å². The lowest BCUT2D eigenvalue weighted by Crippen LogP contribution is -2.51. The number of rotatable bonds is 19. The first kappa shape index (κ1) is 54.8. The van der Waals surface area contributed by atoms with E-state index in [1.54, 1.807) is 13.8 Å². The van der Waals surface area contributed by atoms with Crippen molar-refractivity contribution in [2.24, 2.45) is 11.8 Å². The first-order valence-corrected chi connectivity index (χ1v) is 24.2. The van der Waals surface area contributed by atoms with E-state index in [0.717, 1.165) is 5.56 Å². The largest absolute Gasteiger partial charge is 0.493 e. The lowest BCUT2D eigenvalue weighted by Gasteiger charge is -2.29. The minimum absolute atomic E-state index is 0.0209. The molecule has 0 bridgehead atoms. The third kappa shape index (κ3) is 15.3. The highest BCUT2D eigenvalue weighted by Crippen LogP contribution is 2.32. The summed E-state index contributed by atoms with van der Waals surface area (Å²) in [6.45, 7) is 7.04. The lowest BCUT2D eigenvalue weighted by atomic mass is 9.94. The molecule has 2 fully saturated rings. The number of benzene rings is 2. The monoisotopic (exact) mass is 1010 g/mol. The molecule has 0 radical (unpaired) electrons. The number of nitrogens with zero attached hydrogens (tertiary/aromatic N) is 2.